The molecule has 0 unspecified atom stereocenters. The van der Waals surface area contributed by atoms with Crippen LogP contribution >= 0.6 is 23.1 Å². The molecule has 0 radical (unpaired) electrons. The third-order valence-electron chi connectivity index (χ3n) is 5.59. The van der Waals surface area contributed by atoms with Crippen molar-refractivity contribution in [2.75, 3.05) is 24.2 Å². The maximum atomic E-state index is 13.2. The number of anilines is 1. The normalized spacial score (nSPS) is 23.2. The Kier molecular flexibility index (Phi) is 6.08. The minimum atomic E-state index is -0.751. The Bertz CT molecular complexity index is 879. The highest BCUT2D eigenvalue weighted by Gasteiger charge is 2.33. The molecule has 3 heterocycles. The smallest absolute Gasteiger partial charge is 0.257 e. The molecule has 0 spiro atoms. The second-order valence-electron chi connectivity index (χ2n) is 7.75. The summed E-state index contributed by atoms with van der Waals surface area (Å²) < 4.78 is 1.53. The predicted octanol–water partition coefficient (Wildman–Crippen LogP) is 2.36. The first-order chi connectivity index (χ1) is 13.9. The molecule has 1 amide bonds. The quantitative estimate of drug-likeness (QED) is 0.623. The minimum absolute atomic E-state index is 0.156. The van der Waals surface area contributed by atoms with Crippen molar-refractivity contribution in [3.8, 4) is 11.3 Å². The molecule has 0 bridgehead atoms. The second-order valence-corrected chi connectivity index (χ2v) is 8.88. The van der Waals surface area contributed by atoms with Gasteiger partial charge in [0.2, 0.25) is 0 Å². The van der Waals surface area contributed by atoms with Crippen molar-refractivity contribution >= 4 is 34.7 Å². The molecule has 7 nitrogen and oxygen atoms in total. The van der Waals surface area contributed by atoms with Crippen molar-refractivity contribution in [1.29, 1.82) is 0 Å². The molecule has 3 atom stereocenters. The largest absolute Gasteiger partial charge is 0.392 e. The number of aryl methyl sites for hydroxylation is 1. The molecular formula is C20H25ClN4O3S. The van der Waals surface area contributed by atoms with Crippen molar-refractivity contribution in [3.05, 3.63) is 34.2 Å². The first-order valence-electron chi connectivity index (χ1n) is 9.79. The number of carbonyl (C=O) groups is 1. The number of aliphatic hydroxyl groups is 2. The summed E-state index contributed by atoms with van der Waals surface area (Å²) in [6, 6.07) is 3.65. The summed E-state index contributed by atoms with van der Waals surface area (Å²) in [5.41, 5.74) is 5.57. The lowest BCUT2D eigenvalue weighted by Gasteiger charge is -2.37. The molecule has 29 heavy (non-hydrogen) atoms. The van der Waals surface area contributed by atoms with Gasteiger partial charge in [-0.2, -0.15) is 0 Å². The van der Waals surface area contributed by atoms with Gasteiger partial charge in [-0.25, -0.2) is 4.98 Å². The fourth-order valence-corrected chi connectivity index (χ4v) is 5.08. The Hall–Kier alpha value is -1.71. The van der Waals surface area contributed by atoms with Crippen LogP contribution < -0.4 is 9.74 Å². The van der Waals surface area contributed by atoms with Gasteiger partial charge in [0.05, 0.1) is 34.7 Å². The average molecular weight is 437 g/mol. The van der Waals surface area contributed by atoms with Crippen molar-refractivity contribution in [3.63, 3.8) is 0 Å². The molecule has 1 aromatic carbocycles. The third-order valence-corrected chi connectivity index (χ3v) is 6.45. The van der Waals surface area contributed by atoms with Gasteiger partial charge in [0.1, 0.15) is 6.67 Å². The minimum Gasteiger partial charge on any atom is -0.392 e. The van der Waals surface area contributed by atoms with E-state index < -0.39 is 12.2 Å². The zero-order valence-corrected chi connectivity index (χ0v) is 17.8. The van der Waals surface area contributed by atoms with E-state index in [1.165, 1.54) is 15.8 Å². The highest BCUT2D eigenvalue weighted by Crippen LogP contribution is 2.36. The Labute approximate surface area is 179 Å². The van der Waals surface area contributed by atoms with E-state index in [-0.39, 0.29) is 25.2 Å². The Morgan fingerprint density at radius 3 is 3.00 bits per heavy atom. The summed E-state index contributed by atoms with van der Waals surface area (Å²) in [7, 11) is 0. The number of piperidine rings is 1. The van der Waals surface area contributed by atoms with Crippen LogP contribution in [0.3, 0.4) is 0 Å². The van der Waals surface area contributed by atoms with E-state index in [2.05, 4.69) is 10.3 Å². The molecule has 1 fully saturated rings. The summed E-state index contributed by atoms with van der Waals surface area (Å²) in [4.78, 5) is 19.1. The van der Waals surface area contributed by atoms with Crippen LogP contribution in [0.5, 0.6) is 0 Å². The molecule has 1 aromatic heterocycles. The van der Waals surface area contributed by atoms with Gasteiger partial charge in [0.15, 0.2) is 0 Å². The summed E-state index contributed by atoms with van der Waals surface area (Å²) in [6.45, 7) is 3.12. The Balaban J connectivity index is 1.52. The zero-order chi connectivity index (χ0) is 20.5. The van der Waals surface area contributed by atoms with Crippen LogP contribution in [0, 0.1) is 6.92 Å². The van der Waals surface area contributed by atoms with E-state index in [9.17, 15) is 15.0 Å². The van der Waals surface area contributed by atoms with Crippen LogP contribution in [-0.4, -0.2) is 64.0 Å². The number of hydrogen-bond donors (Lipinski definition) is 3. The molecule has 4 rings (SSSR count). The molecule has 3 N–H and O–H groups in total. The number of amides is 1. The van der Waals surface area contributed by atoms with E-state index in [0.717, 1.165) is 36.2 Å². The number of β-amino-alcohol motifs (C(OH)–C–C–N with tert-alkyl or cyclic N) is 1. The van der Waals surface area contributed by atoms with Crippen LogP contribution in [0.2, 0.25) is 0 Å². The van der Waals surface area contributed by atoms with E-state index >= 15 is 0 Å². The van der Waals surface area contributed by atoms with Crippen molar-refractivity contribution in [2.45, 2.75) is 44.4 Å². The molecular weight excluding hydrogens is 412 g/mol. The number of nitrogens with one attached hydrogen (secondary N) is 1. The number of aromatic nitrogens is 1. The van der Waals surface area contributed by atoms with Gasteiger partial charge in [-0.15, -0.1) is 11.3 Å². The lowest BCUT2D eigenvalue weighted by molar-refractivity contribution is 0.0395. The fraction of sp³-hybridized carbons (Fsp3) is 0.500. The number of nitrogens with zero attached hydrogens (tertiary/aromatic N) is 3. The maximum absolute atomic E-state index is 13.2. The van der Waals surface area contributed by atoms with E-state index in [1.54, 1.807) is 10.4 Å². The monoisotopic (exact) mass is 436 g/mol. The SMILES string of the molecule is Cc1cc(-c2cscn2)cc2c1N(Cl)CN(C[C@@H](O)C[C@H]1NCCC[C@@H]1O)C2=O. The van der Waals surface area contributed by atoms with Crippen molar-refractivity contribution in [2.24, 2.45) is 0 Å². The van der Waals surface area contributed by atoms with Gasteiger partial charge >= 0.3 is 0 Å². The number of halogens is 1. The lowest BCUT2D eigenvalue weighted by atomic mass is 9.95. The van der Waals surface area contributed by atoms with Gasteiger partial charge in [-0.1, -0.05) is 0 Å². The molecule has 2 aliphatic heterocycles. The maximum Gasteiger partial charge on any atom is 0.257 e. The average Bonchev–Trinajstić information content (AvgIpc) is 3.22. The van der Waals surface area contributed by atoms with Crippen molar-refractivity contribution in [1.82, 2.24) is 15.2 Å². The van der Waals surface area contributed by atoms with Gasteiger partial charge < -0.3 is 20.4 Å². The predicted molar refractivity (Wildman–Crippen MR) is 114 cm³/mol. The van der Waals surface area contributed by atoms with E-state index in [4.69, 9.17) is 11.8 Å². The number of carbonyl (C=O) groups excluding carboxylic acids is 1. The second kappa shape index (κ2) is 8.57. The van der Waals surface area contributed by atoms with Gasteiger partial charge in [-0.3, -0.25) is 9.21 Å². The molecule has 2 aliphatic rings. The number of fused-ring (bicyclic) bond motifs is 1. The summed E-state index contributed by atoms with van der Waals surface area (Å²) >= 11 is 7.98. The molecule has 156 valence electrons. The van der Waals surface area contributed by atoms with Gasteiger partial charge in [0.25, 0.3) is 5.91 Å². The van der Waals surface area contributed by atoms with E-state index in [1.807, 2.05) is 24.4 Å². The van der Waals surface area contributed by atoms with Gasteiger partial charge in [0, 0.05) is 35.3 Å². The van der Waals surface area contributed by atoms with Gasteiger partial charge in [-0.05, 0) is 50.4 Å². The molecule has 1 saturated heterocycles. The highest BCUT2D eigenvalue weighted by atomic mass is 35.5. The van der Waals surface area contributed by atoms with Crippen LogP contribution in [-0.2, 0) is 0 Å². The van der Waals surface area contributed by atoms with Crippen molar-refractivity contribution < 1.29 is 15.0 Å². The molecule has 0 saturated carbocycles. The zero-order valence-electron chi connectivity index (χ0n) is 16.2. The number of rotatable bonds is 5. The summed E-state index contributed by atoms with van der Waals surface area (Å²) in [5, 5.41) is 25.9. The van der Waals surface area contributed by atoms with Crippen LogP contribution in [0.15, 0.2) is 23.0 Å². The Morgan fingerprint density at radius 1 is 1.45 bits per heavy atom. The van der Waals surface area contributed by atoms with Crippen LogP contribution in [0.25, 0.3) is 11.3 Å². The van der Waals surface area contributed by atoms with Crippen LogP contribution in [0.1, 0.15) is 35.2 Å². The fourth-order valence-electron chi connectivity index (χ4n) is 4.16. The number of hydrogen-bond acceptors (Lipinski definition) is 7. The summed E-state index contributed by atoms with van der Waals surface area (Å²) in [5.74, 6) is -0.159. The first kappa shape index (κ1) is 20.6. The third kappa shape index (κ3) is 4.27. The molecule has 0 aliphatic carbocycles. The molecule has 2 aromatic rings. The molecule has 9 heteroatoms. The highest BCUT2D eigenvalue weighted by molar-refractivity contribution is 7.07. The number of thiazole rings is 1. The first-order valence-corrected chi connectivity index (χ1v) is 11.1. The van der Waals surface area contributed by atoms with E-state index in [0.29, 0.717) is 17.7 Å². The number of aliphatic hydroxyl groups excluding tert-OH is 2. The standard InChI is InChI=1S/C20H25ClN4O3S/c1-12-5-13(17-9-29-10-23-17)6-15-19(12)25(21)11-24(20(15)28)8-14(26)7-16-18(27)3-2-4-22-16/h5-6,9-10,14,16,18,22,26-27H,2-4,7-8,11H2,1H3/t14-,16+,18-/m0/s1. The number of benzene rings is 1. The lowest BCUT2D eigenvalue weighted by Crippen LogP contribution is -2.50. The summed E-state index contributed by atoms with van der Waals surface area (Å²) in [6.07, 6.45) is 0.825. The van der Waals surface area contributed by atoms with Crippen LogP contribution in [0.4, 0.5) is 5.69 Å². The Morgan fingerprint density at radius 2 is 2.28 bits per heavy atom. The topological polar surface area (TPSA) is 88.9 Å².